The maximum Gasteiger partial charge on any atom is 0.253 e. The number of aromatic nitrogens is 1. The summed E-state index contributed by atoms with van der Waals surface area (Å²) in [6.45, 7) is 3.36. The molecule has 1 aromatic heterocycles. The van der Waals surface area contributed by atoms with E-state index in [1.807, 2.05) is 36.4 Å². The first-order valence-corrected chi connectivity index (χ1v) is 13.2. The van der Waals surface area contributed by atoms with Crippen molar-refractivity contribution in [1.29, 1.82) is 0 Å². The van der Waals surface area contributed by atoms with Crippen LogP contribution in [0, 0.1) is 6.92 Å². The third-order valence-electron chi connectivity index (χ3n) is 6.26. The highest BCUT2D eigenvalue weighted by Gasteiger charge is 2.28. The molecule has 8 heteroatoms. The van der Waals surface area contributed by atoms with E-state index in [1.54, 1.807) is 31.0 Å². The minimum atomic E-state index is -3.60. The Morgan fingerprint density at radius 3 is 2.53 bits per heavy atom. The monoisotopic (exact) mass is 481 g/mol. The summed E-state index contributed by atoms with van der Waals surface area (Å²) in [5.41, 5.74) is 2.83. The van der Waals surface area contributed by atoms with Gasteiger partial charge < -0.3 is 9.42 Å². The van der Waals surface area contributed by atoms with Crippen LogP contribution in [-0.2, 0) is 16.4 Å². The van der Waals surface area contributed by atoms with E-state index in [2.05, 4.69) is 5.16 Å². The van der Waals surface area contributed by atoms with Crippen LogP contribution >= 0.6 is 0 Å². The maximum atomic E-state index is 13.2. The highest BCUT2D eigenvalue weighted by molar-refractivity contribution is 7.89. The Bertz CT molecular complexity index is 1230. The third kappa shape index (κ3) is 5.39. The van der Waals surface area contributed by atoms with Gasteiger partial charge >= 0.3 is 0 Å². The van der Waals surface area contributed by atoms with E-state index in [0.29, 0.717) is 43.6 Å². The highest BCUT2D eigenvalue weighted by atomic mass is 32.2. The predicted molar refractivity (Wildman–Crippen MR) is 131 cm³/mol. The number of hydrogen-bond acceptors (Lipinski definition) is 5. The van der Waals surface area contributed by atoms with Gasteiger partial charge in [0.05, 0.1) is 4.90 Å². The number of piperidine rings is 1. The summed E-state index contributed by atoms with van der Waals surface area (Å²) < 4.78 is 33.3. The molecule has 180 valence electrons. The lowest BCUT2D eigenvalue weighted by Crippen LogP contribution is -2.36. The molecule has 0 unspecified atom stereocenters. The first kappa shape index (κ1) is 24.2. The Labute approximate surface area is 201 Å². The van der Waals surface area contributed by atoms with E-state index in [9.17, 15) is 13.2 Å². The SMILES string of the molecule is Cc1ccc(C(=O)N(C)CCCc2cc(-c3ccccc3)no2)cc1S(=O)(=O)N1CCCCC1. The van der Waals surface area contributed by atoms with Gasteiger partial charge in [-0.1, -0.05) is 48.0 Å². The Balaban J connectivity index is 1.38. The van der Waals surface area contributed by atoms with Crippen LogP contribution in [0.3, 0.4) is 0 Å². The van der Waals surface area contributed by atoms with Gasteiger partial charge in [0.2, 0.25) is 10.0 Å². The Hall–Kier alpha value is -2.97. The average Bonchev–Trinajstić information content (AvgIpc) is 3.34. The predicted octanol–water partition coefficient (Wildman–Crippen LogP) is 4.53. The highest BCUT2D eigenvalue weighted by Crippen LogP contribution is 2.25. The number of rotatable bonds is 8. The summed E-state index contributed by atoms with van der Waals surface area (Å²) in [5.74, 6) is 0.572. The molecule has 0 bridgehead atoms. The summed E-state index contributed by atoms with van der Waals surface area (Å²) in [6, 6.07) is 16.7. The minimum absolute atomic E-state index is 0.197. The first-order valence-electron chi connectivity index (χ1n) is 11.7. The van der Waals surface area contributed by atoms with Crippen LogP contribution in [-0.4, -0.2) is 55.4 Å². The number of hydrogen-bond donors (Lipinski definition) is 0. The number of aryl methyl sites for hydroxylation is 2. The van der Waals surface area contributed by atoms with Gasteiger partial charge in [-0.15, -0.1) is 0 Å². The van der Waals surface area contributed by atoms with E-state index in [-0.39, 0.29) is 10.8 Å². The van der Waals surface area contributed by atoms with Crippen molar-refractivity contribution in [3.8, 4) is 11.3 Å². The summed E-state index contributed by atoms with van der Waals surface area (Å²) >= 11 is 0. The molecule has 0 atom stereocenters. The number of carbonyl (C=O) groups excluding carboxylic acids is 1. The van der Waals surface area contributed by atoms with Gasteiger partial charge in [-0.3, -0.25) is 4.79 Å². The van der Waals surface area contributed by atoms with Crippen molar-refractivity contribution in [3.63, 3.8) is 0 Å². The maximum absolute atomic E-state index is 13.2. The lowest BCUT2D eigenvalue weighted by molar-refractivity contribution is 0.0792. The van der Waals surface area contributed by atoms with E-state index < -0.39 is 10.0 Å². The average molecular weight is 482 g/mol. The van der Waals surface area contributed by atoms with E-state index in [4.69, 9.17) is 4.52 Å². The zero-order valence-corrected chi connectivity index (χ0v) is 20.6. The second kappa shape index (κ2) is 10.5. The summed E-state index contributed by atoms with van der Waals surface area (Å²) in [4.78, 5) is 14.9. The van der Waals surface area contributed by atoms with Crippen LogP contribution in [0.4, 0.5) is 0 Å². The molecule has 4 rings (SSSR count). The van der Waals surface area contributed by atoms with Crippen molar-refractivity contribution in [2.75, 3.05) is 26.7 Å². The van der Waals surface area contributed by atoms with Gasteiger partial charge in [-0.25, -0.2) is 8.42 Å². The normalized spacial score (nSPS) is 14.8. The molecule has 1 saturated heterocycles. The third-order valence-corrected chi connectivity index (χ3v) is 8.30. The molecule has 1 amide bonds. The minimum Gasteiger partial charge on any atom is -0.361 e. The lowest BCUT2D eigenvalue weighted by Gasteiger charge is -2.27. The zero-order valence-electron chi connectivity index (χ0n) is 19.7. The van der Waals surface area contributed by atoms with Gasteiger partial charge in [0.15, 0.2) is 0 Å². The van der Waals surface area contributed by atoms with Gasteiger partial charge in [-0.05, 0) is 43.9 Å². The second-order valence-corrected chi connectivity index (χ2v) is 10.7. The summed E-state index contributed by atoms with van der Waals surface area (Å²) in [6.07, 6.45) is 4.15. The van der Waals surface area contributed by atoms with Crippen molar-refractivity contribution < 1.29 is 17.7 Å². The molecule has 3 aromatic rings. The van der Waals surface area contributed by atoms with Gasteiger partial charge in [-0.2, -0.15) is 4.31 Å². The second-order valence-electron chi connectivity index (χ2n) is 8.82. The fraction of sp³-hybridized carbons (Fsp3) is 0.385. The number of benzene rings is 2. The molecule has 0 radical (unpaired) electrons. The molecular weight excluding hydrogens is 450 g/mol. The fourth-order valence-electron chi connectivity index (χ4n) is 4.24. The van der Waals surface area contributed by atoms with Crippen LogP contribution < -0.4 is 0 Å². The topological polar surface area (TPSA) is 83.7 Å². The molecule has 2 heterocycles. The van der Waals surface area contributed by atoms with Crippen LogP contribution in [0.25, 0.3) is 11.3 Å². The van der Waals surface area contributed by atoms with E-state index >= 15 is 0 Å². The molecule has 34 heavy (non-hydrogen) atoms. The van der Waals surface area contributed by atoms with Gasteiger partial charge in [0, 0.05) is 50.3 Å². The van der Waals surface area contributed by atoms with Crippen molar-refractivity contribution in [1.82, 2.24) is 14.4 Å². The molecule has 0 spiro atoms. The largest absolute Gasteiger partial charge is 0.361 e. The van der Waals surface area contributed by atoms with Crippen molar-refractivity contribution in [2.45, 2.75) is 43.9 Å². The molecule has 7 nitrogen and oxygen atoms in total. The van der Waals surface area contributed by atoms with E-state index in [0.717, 1.165) is 36.3 Å². The zero-order chi connectivity index (χ0) is 24.1. The van der Waals surface area contributed by atoms with Crippen LogP contribution in [0.15, 0.2) is 64.0 Å². The molecule has 1 aliphatic heterocycles. The summed E-state index contributed by atoms with van der Waals surface area (Å²) in [7, 11) is -1.87. The van der Waals surface area contributed by atoms with Crippen LogP contribution in [0.5, 0.6) is 0 Å². The Kier molecular flexibility index (Phi) is 7.48. The molecule has 1 fully saturated rings. The molecule has 0 saturated carbocycles. The molecule has 0 aliphatic carbocycles. The van der Waals surface area contributed by atoms with Crippen LogP contribution in [0.1, 0.15) is 47.4 Å². The van der Waals surface area contributed by atoms with Crippen molar-refractivity contribution in [2.24, 2.45) is 0 Å². The van der Waals surface area contributed by atoms with Crippen molar-refractivity contribution >= 4 is 15.9 Å². The Morgan fingerprint density at radius 1 is 1.06 bits per heavy atom. The lowest BCUT2D eigenvalue weighted by atomic mass is 10.1. The number of sulfonamides is 1. The number of carbonyl (C=O) groups is 1. The fourth-order valence-corrected chi connectivity index (χ4v) is 6.01. The summed E-state index contributed by atoms with van der Waals surface area (Å²) in [5, 5.41) is 4.13. The van der Waals surface area contributed by atoms with E-state index in [1.165, 1.54) is 10.4 Å². The molecule has 2 aromatic carbocycles. The molecule has 1 aliphatic rings. The Morgan fingerprint density at radius 2 is 1.79 bits per heavy atom. The quantitative estimate of drug-likeness (QED) is 0.472. The molecule has 0 N–H and O–H groups in total. The number of nitrogens with zero attached hydrogens (tertiary/aromatic N) is 3. The number of amides is 1. The van der Waals surface area contributed by atoms with Gasteiger partial charge in [0.25, 0.3) is 5.91 Å². The molecular formula is C26H31N3O4S. The first-order chi connectivity index (χ1) is 16.4. The van der Waals surface area contributed by atoms with Crippen LogP contribution in [0.2, 0.25) is 0 Å². The standard InChI is InChI=1S/C26H31N3O4S/c1-20-13-14-22(18-25(20)34(31,32)29-16-7-4-8-17-29)26(30)28(2)15-9-12-23-19-24(27-33-23)21-10-5-3-6-11-21/h3,5-6,10-11,13-14,18-19H,4,7-9,12,15-17H2,1-2H3. The van der Waals surface area contributed by atoms with Crippen molar-refractivity contribution in [3.05, 3.63) is 71.5 Å². The van der Waals surface area contributed by atoms with Gasteiger partial charge in [0.1, 0.15) is 11.5 Å². The smallest absolute Gasteiger partial charge is 0.253 e.